The van der Waals surface area contributed by atoms with Crippen LogP contribution in [0.5, 0.6) is 0 Å². The summed E-state index contributed by atoms with van der Waals surface area (Å²) in [6.07, 6.45) is 12.0. The third kappa shape index (κ3) is 5.53. The van der Waals surface area contributed by atoms with E-state index in [9.17, 15) is 4.79 Å². The predicted molar refractivity (Wildman–Crippen MR) is 66.3 cm³/mol. The minimum absolute atomic E-state index is 0.0612. The quantitative estimate of drug-likeness (QED) is 0.460. The van der Waals surface area contributed by atoms with Crippen LogP contribution >= 0.6 is 0 Å². The Morgan fingerprint density at radius 1 is 1.06 bits per heavy atom. The van der Waals surface area contributed by atoms with Crippen molar-refractivity contribution in [3.63, 3.8) is 0 Å². The Bertz CT molecular complexity index is 183. The van der Waals surface area contributed by atoms with E-state index in [1.807, 2.05) is 0 Å². The zero-order valence-corrected chi connectivity index (χ0v) is 10.7. The lowest BCUT2D eigenvalue weighted by atomic mass is 10.1. The summed E-state index contributed by atoms with van der Waals surface area (Å²) in [6, 6.07) is 0. The van der Waals surface area contributed by atoms with Gasteiger partial charge < -0.3 is 4.74 Å². The maximum absolute atomic E-state index is 11.6. The number of unbranched alkanes of at least 4 members (excludes halogenated alkanes) is 5. The van der Waals surface area contributed by atoms with Gasteiger partial charge in [-0.05, 0) is 19.3 Å². The van der Waals surface area contributed by atoms with E-state index in [4.69, 9.17) is 4.74 Å². The summed E-state index contributed by atoms with van der Waals surface area (Å²) < 4.78 is 5.29. The standard InChI is InChI=1S/C14H26O2/c1-2-3-4-5-6-9-12-16-14(15)13-10-7-8-11-13/h13H,2-12H2,1H3. The van der Waals surface area contributed by atoms with Crippen molar-refractivity contribution in [2.45, 2.75) is 71.1 Å². The topological polar surface area (TPSA) is 26.3 Å². The molecule has 1 saturated carbocycles. The zero-order valence-electron chi connectivity index (χ0n) is 10.7. The second-order valence-electron chi connectivity index (χ2n) is 4.92. The van der Waals surface area contributed by atoms with Gasteiger partial charge in [-0.25, -0.2) is 0 Å². The van der Waals surface area contributed by atoms with Gasteiger partial charge in [0.2, 0.25) is 0 Å². The van der Waals surface area contributed by atoms with E-state index in [0.717, 1.165) is 19.3 Å². The lowest BCUT2D eigenvalue weighted by Crippen LogP contribution is -2.15. The van der Waals surface area contributed by atoms with Crippen LogP contribution in [-0.4, -0.2) is 12.6 Å². The molecule has 0 radical (unpaired) electrons. The Morgan fingerprint density at radius 3 is 2.38 bits per heavy atom. The fourth-order valence-corrected chi connectivity index (χ4v) is 2.33. The lowest BCUT2D eigenvalue weighted by Gasteiger charge is -2.09. The van der Waals surface area contributed by atoms with Gasteiger partial charge in [-0.3, -0.25) is 4.79 Å². The van der Waals surface area contributed by atoms with E-state index >= 15 is 0 Å². The predicted octanol–water partition coefficient (Wildman–Crippen LogP) is 4.08. The summed E-state index contributed by atoms with van der Waals surface area (Å²) in [5.41, 5.74) is 0. The number of hydrogen-bond acceptors (Lipinski definition) is 2. The first-order valence-corrected chi connectivity index (χ1v) is 7.01. The minimum atomic E-state index is 0.0612. The van der Waals surface area contributed by atoms with Crippen LogP contribution < -0.4 is 0 Å². The van der Waals surface area contributed by atoms with Crippen molar-refractivity contribution in [1.82, 2.24) is 0 Å². The van der Waals surface area contributed by atoms with Gasteiger partial charge in [0.1, 0.15) is 0 Å². The molecule has 1 fully saturated rings. The van der Waals surface area contributed by atoms with Gasteiger partial charge in [0.25, 0.3) is 0 Å². The Hall–Kier alpha value is -0.530. The molecule has 0 aromatic heterocycles. The third-order valence-corrected chi connectivity index (χ3v) is 3.43. The summed E-state index contributed by atoms with van der Waals surface area (Å²) >= 11 is 0. The third-order valence-electron chi connectivity index (χ3n) is 3.43. The number of carbonyl (C=O) groups excluding carboxylic acids is 1. The van der Waals surface area contributed by atoms with Gasteiger partial charge in [0.15, 0.2) is 0 Å². The SMILES string of the molecule is CCCCCCCCOC(=O)C1CCCC1. The van der Waals surface area contributed by atoms with Gasteiger partial charge in [-0.15, -0.1) is 0 Å². The molecule has 1 aliphatic carbocycles. The molecule has 0 aliphatic heterocycles. The molecule has 16 heavy (non-hydrogen) atoms. The molecule has 0 heterocycles. The van der Waals surface area contributed by atoms with E-state index in [1.165, 1.54) is 44.9 Å². The molecule has 0 unspecified atom stereocenters. The van der Waals surface area contributed by atoms with Crippen molar-refractivity contribution in [2.75, 3.05) is 6.61 Å². The number of ether oxygens (including phenoxy) is 1. The van der Waals surface area contributed by atoms with Crippen molar-refractivity contribution in [2.24, 2.45) is 5.92 Å². The first kappa shape index (κ1) is 13.5. The van der Waals surface area contributed by atoms with Gasteiger partial charge in [-0.1, -0.05) is 51.9 Å². The summed E-state index contributed by atoms with van der Waals surface area (Å²) in [5, 5.41) is 0. The van der Waals surface area contributed by atoms with Crippen molar-refractivity contribution in [3.8, 4) is 0 Å². The molecular formula is C14H26O2. The molecule has 0 aromatic rings. The Labute approximate surface area is 99.8 Å². The summed E-state index contributed by atoms with van der Waals surface area (Å²) in [6.45, 7) is 2.87. The van der Waals surface area contributed by atoms with E-state index in [1.54, 1.807) is 0 Å². The average Bonchev–Trinajstić information content (AvgIpc) is 2.81. The Kier molecular flexibility index (Phi) is 7.28. The molecule has 1 aliphatic rings. The van der Waals surface area contributed by atoms with Crippen LogP contribution in [0.3, 0.4) is 0 Å². The fraction of sp³-hybridized carbons (Fsp3) is 0.929. The smallest absolute Gasteiger partial charge is 0.308 e. The summed E-state index contributed by atoms with van der Waals surface area (Å²) in [5.74, 6) is 0.283. The highest BCUT2D eigenvalue weighted by Gasteiger charge is 2.23. The second kappa shape index (κ2) is 8.60. The second-order valence-corrected chi connectivity index (χ2v) is 4.92. The average molecular weight is 226 g/mol. The van der Waals surface area contributed by atoms with Gasteiger partial charge in [0, 0.05) is 0 Å². The first-order chi connectivity index (χ1) is 7.84. The number of esters is 1. The summed E-state index contributed by atoms with van der Waals surface area (Å²) in [7, 11) is 0. The maximum Gasteiger partial charge on any atom is 0.308 e. The molecular weight excluding hydrogens is 200 g/mol. The van der Waals surface area contributed by atoms with Crippen molar-refractivity contribution < 1.29 is 9.53 Å². The van der Waals surface area contributed by atoms with Crippen LogP contribution in [0.2, 0.25) is 0 Å². The van der Waals surface area contributed by atoms with E-state index < -0.39 is 0 Å². The lowest BCUT2D eigenvalue weighted by molar-refractivity contribution is -0.148. The van der Waals surface area contributed by atoms with E-state index in [2.05, 4.69) is 6.92 Å². The monoisotopic (exact) mass is 226 g/mol. The fourth-order valence-electron chi connectivity index (χ4n) is 2.33. The number of rotatable bonds is 8. The normalized spacial score (nSPS) is 16.6. The van der Waals surface area contributed by atoms with Crippen LogP contribution in [0.4, 0.5) is 0 Å². The molecule has 0 amide bonds. The molecule has 0 bridgehead atoms. The van der Waals surface area contributed by atoms with Gasteiger partial charge >= 0.3 is 5.97 Å². The zero-order chi connectivity index (χ0) is 11.6. The van der Waals surface area contributed by atoms with Crippen LogP contribution in [0, 0.1) is 5.92 Å². The molecule has 1 rings (SSSR count). The van der Waals surface area contributed by atoms with E-state index in [-0.39, 0.29) is 11.9 Å². The van der Waals surface area contributed by atoms with Crippen molar-refractivity contribution >= 4 is 5.97 Å². The van der Waals surface area contributed by atoms with E-state index in [0.29, 0.717) is 6.61 Å². The summed E-state index contributed by atoms with van der Waals surface area (Å²) in [4.78, 5) is 11.6. The van der Waals surface area contributed by atoms with Gasteiger partial charge in [-0.2, -0.15) is 0 Å². The molecule has 2 heteroatoms. The van der Waals surface area contributed by atoms with Crippen molar-refractivity contribution in [3.05, 3.63) is 0 Å². The molecule has 0 atom stereocenters. The molecule has 2 nitrogen and oxygen atoms in total. The van der Waals surface area contributed by atoms with Crippen LogP contribution in [0.15, 0.2) is 0 Å². The highest BCUT2D eigenvalue weighted by atomic mass is 16.5. The molecule has 0 N–H and O–H groups in total. The Balaban J connectivity index is 1.88. The van der Waals surface area contributed by atoms with Crippen LogP contribution in [0.25, 0.3) is 0 Å². The minimum Gasteiger partial charge on any atom is -0.465 e. The molecule has 0 saturated heterocycles. The molecule has 94 valence electrons. The molecule has 0 aromatic carbocycles. The van der Waals surface area contributed by atoms with Crippen molar-refractivity contribution in [1.29, 1.82) is 0 Å². The number of carbonyl (C=O) groups is 1. The van der Waals surface area contributed by atoms with Crippen LogP contribution in [0.1, 0.15) is 71.1 Å². The highest BCUT2D eigenvalue weighted by Crippen LogP contribution is 2.25. The van der Waals surface area contributed by atoms with Crippen LogP contribution in [-0.2, 0) is 9.53 Å². The number of hydrogen-bond donors (Lipinski definition) is 0. The Morgan fingerprint density at radius 2 is 1.69 bits per heavy atom. The maximum atomic E-state index is 11.6. The largest absolute Gasteiger partial charge is 0.465 e. The first-order valence-electron chi connectivity index (χ1n) is 7.01. The van der Waals surface area contributed by atoms with Gasteiger partial charge in [0.05, 0.1) is 12.5 Å². The molecule has 0 spiro atoms. The highest BCUT2D eigenvalue weighted by molar-refractivity contribution is 5.72.